The third-order valence-corrected chi connectivity index (χ3v) is 2.46. The van der Waals surface area contributed by atoms with E-state index in [1.807, 2.05) is 0 Å². The van der Waals surface area contributed by atoms with Crippen LogP contribution in [0.4, 0.5) is 17.6 Å². The van der Waals surface area contributed by atoms with Crippen LogP contribution in [0.1, 0.15) is 11.3 Å². The van der Waals surface area contributed by atoms with Crippen LogP contribution in [0.15, 0.2) is 30.6 Å². The van der Waals surface area contributed by atoms with Gasteiger partial charge in [0.1, 0.15) is 12.1 Å². The Hall–Kier alpha value is -2.02. The average molecular weight is 272 g/mol. The van der Waals surface area contributed by atoms with Crippen LogP contribution in [-0.4, -0.2) is 15.1 Å². The molecule has 0 radical (unpaired) electrons. The minimum absolute atomic E-state index is 0.0786. The second-order valence-corrected chi connectivity index (χ2v) is 3.75. The van der Waals surface area contributed by atoms with Crippen molar-refractivity contribution in [1.29, 1.82) is 0 Å². The predicted octanol–water partition coefficient (Wildman–Crippen LogP) is 2.79. The Labute approximate surface area is 105 Å². The summed E-state index contributed by atoms with van der Waals surface area (Å²) in [5.74, 6) is -1.03. The van der Waals surface area contributed by atoms with Gasteiger partial charge in [-0.25, -0.2) is 14.4 Å². The first-order chi connectivity index (χ1) is 8.91. The van der Waals surface area contributed by atoms with Gasteiger partial charge in [-0.1, -0.05) is 0 Å². The minimum atomic E-state index is -4.60. The predicted molar refractivity (Wildman–Crippen MR) is 58.4 cm³/mol. The summed E-state index contributed by atoms with van der Waals surface area (Å²) < 4.78 is 50.9. The molecule has 0 aliphatic carbocycles. The molecular weight excluding hydrogens is 264 g/mol. The van der Waals surface area contributed by atoms with E-state index in [1.165, 1.54) is 6.07 Å². The lowest BCUT2D eigenvalue weighted by molar-refractivity contribution is -0.137. The summed E-state index contributed by atoms with van der Waals surface area (Å²) in [5, 5.41) is 8.90. The summed E-state index contributed by atoms with van der Waals surface area (Å²) in [7, 11) is 0. The van der Waals surface area contributed by atoms with Gasteiger partial charge in [0.2, 0.25) is 0 Å². The van der Waals surface area contributed by atoms with E-state index < -0.39 is 17.6 Å². The van der Waals surface area contributed by atoms with Gasteiger partial charge in [-0.05, 0) is 24.3 Å². The van der Waals surface area contributed by atoms with Crippen LogP contribution in [0.5, 0.6) is 0 Å². The van der Waals surface area contributed by atoms with Crippen LogP contribution in [0.3, 0.4) is 0 Å². The Bertz CT molecular complexity index is 599. The molecule has 0 amide bonds. The normalized spacial score (nSPS) is 11.6. The first kappa shape index (κ1) is 13.4. The molecular formula is C12H8F4N2O. The Balaban J connectivity index is 2.46. The average Bonchev–Trinajstić information content (AvgIpc) is 2.37. The topological polar surface area (TPSA) is 46.0 Å². The maximum absolute atomic E-state index is 13.7. The number of aliphatic hydroxyl groups is 1. The molecule has 0 saturated carbocycles. The van der Waals surface area contributed by atoms with Crippen molar-refractivity contribution in [3.63, 3.8) is 0 Å². The number of halogens is 4. The molecule has 1 heterocycles. The van der Waals surface area contributed by atoms with Crippen molar-refractivity contribution >= 4 is 0 Å². The Morgan fingerprint density at radius 1 is 1.11 bits per heavy atom. The number of aliphatic hydroxyl groups excluding tert-OH is 1. The maximum atomic E-state index is 13.7. The molecule has 1 aromatic carbocycles. The van der Waals surface area contributed by atoms with Crippen LogP contribution in [0.2, 0.25) is 0 Å². The van der Waals surface area contributed by atoms with Gasteiger partial charge in [-0.15, -0.1) is 0 Å². The molecule has 0 atom stereocenters. The van der Waals surface area contributed by atoms with Crippen molar-refractivity contribution in [3.05, 3.63) is 47.7 Å². The molecule has 0 saturated heterocycles. The molecule has 1 N–H and O–H groups in total. The van der Waals surface area contributed by atoms with E-state index in [1.54, 1.807) is 0 Å². The van der Waals surface area contributed by atoms with Gasteiger partial charge in [0, 0.05) is 5.56 Å². The van der Waals surface area contributed by atoms with Crippen LogP contribution >= 0.6 is 0 Å². The molecule has 2 aromatic rings. The SMILES string of the molecule is OCc1cc(-c2ccc(C(F)(F)F)cc2F)ncn1. The van der Waals surface area contributed by atoms with Gasteiger partial charge < -0.3 is 5.11 Å². The van der Waals surface area contributed by atoms with E-state index in [4.69, 9.17) is 5.11 Å². The fourth-order valence-electron chi connectivity index (χ4n) is 1.53. The van der Waals surface area contributed by atoms with Crippen molar-refractivity contribution < 1.29 is 22.7 Å². The summed E-state index contributed by atoms with van der Waals surface area (Å²) in [5.41, 5.74) is -0.773. The van der Waals surface area contributed by atoms with Gasteiger partial charge in [-0.3, -0.25) is 0 Å². The standard InChI is InChI=1S/C12H8F4N2O/c13-10-3-7(12(14,15)16)1-2-9(10)11-4-8(5-19)17-6-18-11/h1-4,6,19H,5H2. The molecule has 0 spiro atoms. The summed E-state index contributed by atoms with van der Waals surface area (Å²) in [6.45, 7) is -0.363. The monoisotopic (exact) mass is 272 g/mol. The summed E-state index contributed by atoms with van der Waals surface area (Å²) >= 11 is 0. The molecule has 0 aliphatic heterocycles. The zero-order valence-corrected chi connectivity index (χ0v) is 9.45. The van der Waals surface area contributed by atoms with Crippen LogP contribution < -0.4 is 0 Å². The number of alkyl halides is 3. The molecule has 0 unspecified atom stereocenters. The number of hydrogen-bond donors (Lipinski definition) is 1. The molecule has 2 rings (SSSR count). The molecule has 0 bridgehead atoms. The lowest BCUT2D eigenvalue weighted by Gasteiger charge is -2.09. The first-order valence-electron chi connectivity index (χ1n) is 5.20. The van der Waals surface area contributed by atoms with Gasteiger partial charge in [-0.2, -0.15) is 13.2 Å². The highest BCUT2D eigenvalue weighted by molar-refractivity contribution is 5.60. The number of rotatable bonds is 2. The lowest BCUT2D eigenvalue weighted by atomic mass is 10.1. The fraction of sp³-hybridized carbons (Fsp3) is 0.167. The smallest absolute Gasteiger partial charge is 0.390 e. The molecule has 19 heavy (non-hydrogen) atoms. The van der Waals surface area contributed by atoms with Gasteiger partial charge in [0.25, 0.3) is 0 Å². The summed E-state index contributed by atoms with van der Waals surface area (Å²) in [6, 6.07) is 3.50. The molecule has 7 heteroatoms. The van der Waals surface area contributed by atoms with Gasteiger partial charge in [0.15, 0.2) is 0 Å². The van der Waals surface area contributed by atoms with Crippen LogP contribution in [0.25, 0.3) is 11.3 Å². The molecule has 0 fully saturated rings. The van der Waals surface area contributed by atoms with E-state index >= 15 is 0 Å². The number of benzene rings is 1. The third kappa shape index (κ3) is 2.87. The Kier molecular flexibility index (Phi) is 3.48. The van der Waals surface area contributed by atoms with E-state index in [-0.39, 0.29) is 23.6 Å². The summed E-state index contributed by atoms with van der Waals surface area (Å²) in [6.07, 6.45) is -3.49. The fourth-order valence-corrected chi connectivity index (χ4v) is 1.53. The van der Waals surface area contributed by atoms with Crippen LogP contribution in [-0.2, 0) is 12.8 Å². The zero-order valence-electron chi connectivity index (χ0n) is 9.45. The highest BCUT2D eigenvalue weighted by Crippen LogP contribution is 2.32. The largest absolute Gasteiger partial charge is 0.416 e. The molecule has 1 aromatic heterocycles. The molecule has 3 nitrogen and oxygen atoms in total. The van der Waals surface area contributed by atoms with Crippen LogP contribution in [0, 0.1) is 5.82 Å². The number of nitrogens with zero attached hydrogens (tertiary/aromatic N) is 2. The highest BCUT2D eigenvalue weighted by Gasteiger charge is 2.31. The van der Waals surface area contributed by atoms with Crippen molar-refractivity contribution in [3.8, 4) is 11.3 Å². The molecule has 0 aliphatic rings. The van der Waals surface area contributed by atoms with E-state index in [0.717, 1.165) is 18.5 Å². The van der Waals surface area contributed by atoms with Crippen molar-refractivity contribution in [2.75, 3.05) is 0 Å². The third-order valence-electron chi connectivity index (χ3n) is 2.46. The zero-order chi connectivity index (χ0) is 14.0. The van der Waals surface area contributed by atoms with Gasteiger partial charge >= 0.3 is 6.18 Å². The van der Waals surface area contributed by atoms with E-state index in [0.29, 0.717) is 6.07 Å². The second kappa shape index (κ2) is 4.93. The summed E-state index contributed by atoms with van der Waals surface area (Å²) in [4.78, 5) is 7.47. The quantitative estimate of drug-likeness (QED) is 0.855. The molecule has 100 valence electrons. The number of hydrogen-bond acceptors (Lipinski definition) is 3. The Morgan fingerprint density at radius 2 is 1.84 bits per heavy atom. The highest BCUT2D eigenvalue weighted by atomic mass is 19.4. The van der Waals surface area contributed by atoms with Gasteiger partial charge in [0.05, 0.1) is 23.6 Å². The Morgan fingerprint density at radius 3 is 2.42 bits per heavy atom. The van der Waals surface area contributed by atoms with E-state index in [2.05, 4.69) is 9.97 Å². The van der Waals surface area contributed by atoms with Crippen molar-refractivity contribution in [2.45, 2.75) is 12.8 Å². The maximum Gasteiger partial charge on any atom is 0.416 e. The first-order valence-corrected chi connectivity index (χ1v) is 5.20. The second-order valence-electron chi connectivity index (χ2n) is 3.75. The number of aromatic nitrogens is 2. The van der Waals surface area contributed by atoms with Crippen molar-refractivity contribution in [1.82, 2.24) is 9.97 Å². The minimum Gasteiger partial charge on any atom is -0.390 e. The van der Waals surface area contributed by atoms with Crippen molar-refractivity contribution in [2.24, 2.45) is 0 Å². The van der Waals surface area contributed by atoms with E-state index in [9.17, 15) is 17.6 Å². The lowest BCUT2D eigenvalue weighted by Crippen LogP contribution is -2.05.